The molecular weight excluding hydrogens is 278 g/mol. The first-order chi connectivity index (χ1) is 10.7. The molecule has 2 aliphatic rings. The number of aromatic nitrogens is 1. The topological polar surface area (TPSA) is 53.5 Å². The van der Waals surface area contributed by atoms with Crippen molar-refractivity contribution in [3.05, 3.63) is 24.5 Å². The zero-order valence-corrected chi connectivity index (χ0v) is 12.9. The van der Waals surface area contributed by atoms with E-state index in [1.165, 1.54) is 5.69 Å². The van der Waals surface area contributed by atoms with Crippen LogP contribution in [0.1, 0.15) is 32.1 Å². The Kier molecular flexibility index (Phi) is 4.71. The molecule has 1 aliphatic heterocycles. The first-order valence-electron chi connectivity index (χ1n) is 8.17. The molecule has 1 saturated carbocycles. The van der Waals surface area contributed by atoms with E-state index in [-0.39, 0.29) is 5.91 Å². The third-order valence-corrected chi connectivity index (χ3v) is 4.79. The molecule has 2 fully saturated rings. The van der Waals surface area contributed by atoms with Crippen LogP contribution in [-0.4, -0.2) is 47.8 Å². The van der Waals surface area contributed by atoms with Crippen LogP contribution >= 0.6 is 0 Å². The molecule has 0 atom stereocenters. The van der Waals surface area contributed by atoms with Gasteiger partial charge in [-0.2, -0.15) is 0 Å². The third-order valence-electron chi connectivity index (χ3n) is 4.79. The Morgan fingerprint density at radius 1 is 1.09 bits per heavy atom. The number of hydrogen-bond acceptors (Lipinski definition) is 4. The van der Waals surface area contributed by atoms with Gasteiger partial charge in [0.15, 0.2) is 0 Å². The van der Waals surface area contributed by atoms with Crippen molar-refractivity contribution in [2.75, 3.05) is 31.1 Å². The molecule has 0 aromatic carbocycles. The second kappa shape index (κ2) is 6.90. The van der Waals surface area contributed by atoms with E-state index in [1.807, 2.05) is 17.0 Å². The van der Waals surface area contributed by atoms with Crippen LogP contribution < -0.4 is 4.90 Å². The SMILES string of the molecule is O=C1CCC(CC(=O)N2CCN(c3ccncc3)CC2)CC1. The van der Waals surface area contributed by atoms with Crippen molar-refractivity contribution in [2.45, 2.75) is 32.1 Å². The third kappa shape index (κ3) is 3.64. The average Bonchev–Trinajstić information content (AvgIpc) is 2.58. The Morgan fingerprint density at radius 2 is 1.73 bits per heavy atom. The summed E-state index contributed by atoms with van der Waals surface area (Å²) in [7, 11) is 0. The van der Waals surface area contributed by atoms with Crippen LogP contribution in [0.2, 0.25) is 0 Å². The summed E-state index contributed by atoms with van der Waals surface area (Å²) >= 11 is 0. The summed E-state index contributed by atoms with van der Waals surface area (Å²) < 4.78 is 0. The van der Waals surface area contributed by atoms with Crippen LogP contribution in [-0.2, 0) is 9.59 Å². The maximum Gasteiger partial charge on any atom is 0.222 e. The maximum absolute atomic E-state index is 12.4. The summed E-state index contributed by atoms with van der Waals surface area (Å²) in [5, 5.41) is 0. The van der Waals surface area contributed by atoms with E-state index in [0.717, 1.165) is 39.0 Å². The standard InChI is InChI=1S/C17H23N3O2/c21-16-3-1-14(2-4-16)13-17(22)20-11-9-19(10-12-20)15-5-7-18-8-6-15/h5-8,14H,1-4,9-13H2. The molecule has 118 valence electrons. The Balaban J connectivity index is 1.47. The van der Waals surface area contributed by atoms with Crippen molar-refractivity contribution in [3.8, 4) is 0 Å². The smallest absolute Gasteiger partial charge is 0.222 e. The van der Waals surface area contributed by atoms with Gasteiger partial charge in [0.05, 0.1) is 0 Å². The number of anilines is 1. The number of nitrogens with zero attached hydrogens (tertiary/aromatic N) is 3. The number of amides is 1. The van der Waals surface area contributed by atoms with E-state index >= 15 is 0 Å². The van der Waals surface area contributed by atoms with E-state index in [2.05, 4.69) is 9.88 Å². The van der Waals surface area contributed by atoms with E-state index < -0.39 is 0 Å². The van der Waals surface area contributed by atoms with Crippen LogP contribution in [0.15, 0.2) is 24.5 Å². The molecule has 0 spiro atoms. The number of ketones is 1. The lowest BCUT2D eigenvalue weighted by atomic mass is 9.86. The first-order valence-corrected chi connectivity index (χ1v) is 8.17. The van der Waals surface area contributed by atoms with Gasteiger partial charge in [0.2, 0.25) is 5.91 Å². The van der Waals surface area contributed by atoms with Crippen molar-refractivity contribution in [2.24, 2.45) is 5.92 Å². The Labute approximate surface area is 131 Å². The lowest BCUT2D eigenvalue weighted by molar-refractivity contribution is -0.133. The van der Waals surface area contributed by atoms with Gasteiger partial charge in [0.1, 0.15) is 5.78 Å². The molecule has 1 aromatic heterocycles. The van der Waals surface area contributed by atoms with Crippen molar-refractivity contribution >= 4 is 17.4 Å². The molecule has 22 heavy (non-hydrogen) atoms. The number of piperazine rings is 1. The molecular formula is C17H23N3O2. The number of carbonyl (C=O) groups is 2. The quantitative estimate of drug-likeness (QED) is 0.855. The molecule has 0 N–H and O–H groups in total. The number of carbonyl (C=O) groups excluding carboxylic acids is 2. The molecule has 0 unspecified atom stereocenters. The summed E-state index contributed by atoms with van der Waals surface area (Å²) in [6, 6.07) is 4.02. The number of rotatable bonds is 3. The van der Waals surface area contributed by atoms with Gasteiger partial charge in [-0.15, -0.1) is 0 Å². The van der Waals surface area contributed by atoms with Crippen LogP contribution in [0.25, 0.3) is 0 Å². The maximum atomic E-state index is 12.4. The van der Waals surface area contributed by atoms with E-state index in [9.17, 15) is 9.59 Å². The zero-order valence-electron chi connectivity index (χ0n) is 12.9. The fraction of sp³-hybridized carbons (Fsp3) is 0.588. The minimum absolute atomic E-state index is 0.258. The molecule has 1 saturated heterocycles. The lowest BCUT2D eigenvalue weighted by Crippen LogP contribution is -2.49. The van der Waals surface area contributed by atoms with E-state index in [4.69, 9.17) is 0 Å². The molecule has 5 nitrogen and oxygen atoms in total. The summed E-state index contributed by atoms with van der Waals surface area (Å²) in [6.45, 7) is 3.32. The predicted octanol–water partition coefficient (Wildman–Crippen LogP) is 1.88. The molecule has 3 rings (SSSR count). The van der Waals surface area contributed by atoms with Gasteiger partial charge in [-0.05, 0) is 30.9 Å². The number of hydrogen-bond donors (Lipinski definition) is 0. The Bertz CT molecular complexity index is 514. The van der Waals surface area contributed by atoms with Gasteiger partial charge >= 0.3 is 0 Å². The Morgan fingerprint density at radius 3 is 2.36 bits per heavy atom. The molecule has 5 heteroatoms. The minimum Gasteiger partial charge on any atom is -0.368 e. The minimum atomic E-state index is 0.258. The zero-order chi connectivity index (χ0) is 15.4. The molecule has 1 aliphatic carbocycles. The predicted molar refractivity (Wildman–Crippen MR) is 84.6 cm³/mol. The highest BCUT2D eigenvalue weighted by Gasteiger charge is 2.26. The molecule has 0 bridgehead atoms. The molecule has 1 amide bonds. The molecule has 0 radical (unpaired) electrons. The number of Topliss-reactive ketones (excluding diaryl/α,β-unsaturated/α-hetero) is 1. The summed E-state index contributed by atoms with van der Waals surface area (Å²) in [5.74, 6) is 1.02. The van der Waals surface area contributed by atoms with Crippen molar-refractivity contribution in [3.63, 3.8) is 0 Å². The van der Waals surface area contributed by atoms with Crippen LogP contribution in [0.4, 0.5) is 5.69 Å². The Hall–Kier alpha value is -1.91. The van der Waals surface area contributed by atoms with Crippen LogP contribution in [0.3, 0.4) is 0 Å². The second-order valence-corrected chi connectivity index (χ2v) is 6.26. The van der Waals surface area contributed by atoms with E-state index in [0.29, 0.717) is 31.0 Å². The van der Waals surface area contributed by atoms with Gasteiger partial charge in [-0.3, -0.25) is 14.6 Å². The normalized spacial score (nSPS) is 20.3. The van der Waals surface area contributed by atoms with Crippen molar-refractivity contribution in [1.82, 2.24) is 9.88 Å². The number of pyridine rings is 1. The second-order valence-electron chi connectivity index (χ2n) is 6.26. The largest absolute Gasteiger partial charge is 0.368 e. The summed E-state index contributed by atoms with van der Waals surface area (Å²) in [4.78, 5) is 32.0. The van der Waals surface area contributed by atoms with Gasteiger partial charge in [-0.1, -0.05) is 0 Å². The highest BCUT2D eigenvalue weighted by molar-refractivity contribution is 5.80. The van der Waals surface area contributed by atoms with Gasteiger partial charge < -0.3 is 9.80 Å². The van der Waals surface area contributed by atoms with Crippen molar-refractivity contribution in [1.29, 1.82) is 0 Å². The monoisotopic (exact) mass is 301 g/mol. The van der Waals surface area contributed by atoms with Crippen LogP contribution in [0.5, 0.6) is 0 Å². The van der Waals surface area contributed by atoms with E-state index in [1.54, 1.807) is 12.4 Å². The van der Waals surface area contributed by atoms with Crippen molar-refractivity contribution < 1.29 is 9.59 Å². The highest BCUT2D eigenvalue weighted by Crippen LogP contribution is 2.25. The fourth-order valence-corrected chi connectivity index (χ4v) is 3.35. The highest BCUT2D eigenvalue weighted by atomic mass is 16.2. The summed E-state index contributed by atoms with van der Waals surface area (Å²) in [5.41, 5.74) is 1.17. The first kappa shape index (κ1) is 15.0. The summed E-state index contributed by atoms with van der Waals surface area (Å²) in [6.07, 6.45) is 7.32. The fourth-order valence-electron chi connectivity index (χ4n) is 3.35. The van der Waals surface area contributed by atoms with Gasteiger partial charge in [-0.25, -0.2) is 0 Å². The molecule has 2 heterocycles. The lowest BCUT2D eigenvalue weighted by Gasteiger charge is -2.36. The van der Waals surface area contributed by atoms with Gasteiger partial charge in [0, 0.05) is 63.5 Å². The molecule has 1 aromatic rings. The van der Waals surface area contributed by atoms with Crippen LogP contribution in [0, 0.1) is 5.92 Å². The average molecular weight is 301 g/mol. The van der Waals surface area contributed by atoms with Gasteiger partial charge in [0.25, 0.3) is 0 Å².